The van der Waals surface area contributed by atoms with Gasteiger partial charge in [-0.05, 0) is 30.1 Å². The molecule has 0 atom stereocenters. The molecule has 2 heteroatoms. The molecule has 0 amide bonds. The lowest BCUT2D eigenvalue weighted by atomic mass is 10.1. The van der Waals surface area contributed by atoms with Crippen LogP contribution < -0.4 is 0 Å². The van der Waals surface area contributed by atoms with E-state index in [-0.39, 0.29) is 0 Å². The first-order chi connectivity index (χ1) is 8.33. The van der Waals surface area contributed by atoms with Gasteiger partial charge in [0.2, 0.25) is 0 Å². The van der Waals surface area contributed by atoms with Crippen LogP contribution in [0.25, 0.3) is 10.1 Å². The molecule has 0 unspecified atom stereocenters. The lowest BCUT2D eigenvalue weighted by molar-refractivity contribution is 1.15. The largest absolute Gasteiger partial charge is 0.196 e. The van der Waals surface area contributed by atoms with E-state index in [0.29, 0.717) is 0 Å². The number of hydrogen-bond donors (Lipinski definition) is 0. The van der Waals surface area contributed by atoms with Crippen molar-refractivity contribution in [2.75, 3.05) is 0 Å². The van der Waals surface area contributed by atoms with Crippen LogP contribution in [0.3, 0.4) is 0 Å². The van der Waals surface area contributed by atoms with Gasteiger partial charge in [0, 0.05) is 11.8 Å². The molecule has 1 heterocycles. The van der Waals surface area contributed by atoms with Crippen LogP contribution in [0.15, 0.2) is 48.5 Å². The number of nitrogens with zero attached hydrogens (tertiary/aromatic N) is 1. The fourth-order valence-electron chi connectivity index (χ4n) is 1.96. The second kappa shape index (κ2) is 4.30. The molecule has 0 fully saturated rings. The zero-order valence-electron chi connectivity index (χ0n) is 9.68. The summed E-state index contributed by atoms with van der Waals surface area (Å²) < 4.78 is 5.83. The van der Waals surface area contributed by atoms with Gasteiger partial charge in [-0.3, -0.25) is 0 Å². The number of benzene rings is 2. The maximum absolute atomic E-state index is 4.55. The molecular weight excluding hydrogens is 226 g/mol. The SMILES string of the molecule is Cc1ccc(Cc2nsc3ccccc23)cc1. The Kier molecular flexibility index (Phi) is 2.65. The van der Waals surface area contributed by atoms with Crippen LogP contribution in [0.4, 0.5) is 0 Å². The summed E-state index contributed by atoms with van der Waals surface area (Å²) >= 11 is 1.59. The summed E-state index contributed by atoms with van der Waals surface area (Å²) in [6, 6.07) is 17.1. The summed E-state index contributed by atoms with van der Waals surface area (Å²) in [6.07, 6.45) is 0.921. The molecule has 0 N–H and O–H groups in total. The van der Waals surface area contributed by atoms with Crippen molar-refractivity contribution in [3.05, 3.63) is 65.4 Å². The van der Waals surface area contributed by atoms with E-state index in [4.69, 9.17) is 0 Å². The summed E-state index contributed by atoms with van der Waals surface area (Å²) in [5, 5.41) is 1.29. The highest BCUT2D eigenvalue weighted by molar-refractivity contribution is 7.13. The molecule has 0 aliphatic carbocycles. The second-order valence-electron chi connectivity index (χ2n) is 4.29. The molecule has 84 valence electrons. The van der Waals surface area contributed by atoms with Crippen molar-refractivity contribution < 1.29 is 0 Å². The van der Waals surface area contributed by atoms with Crippen LogP contribution in [0.2, 0.25) is 0 Å². The lowest BCUT2D eigenvalue weighted by Crippen LogP contribution is -1.88. The highest BCUT2D eigenvalue weighted by Crippen LogP contribution is 2.24. The van der Waals surface area contributed by atoms with Crippen LogP contribution >= 0.6 is 11.5 Å². The highest BCUT2D eigenvalue weighted by atomic mass is 32.1. The van der Waals surface area contributed by atoms with Crippen molar-refractivity contribution in [2.24, 2.45) is 0 Å². The minimum absolute atomic E-state index is 0.921. The van der Waals surface area contributed by atoms with Gasteiger partial charge in [-0.15, -0.1) is 0 Å². The smallest absolute Gasteiger partial charge is 0.0664 e. The van der Waals surface area contributed by atoms with E-state index in [2.05, 4.69) is 59.8 Å². The molecule has 0 saturated carbocycles. The third-order valence-corrected chi connectivity index (χ3v) is 3.81. The van der Waals surface area contributed by atoms with E-state index < -0.39 is 0 Å². The van der Waals surface area contributed by atoms with Crippen molar-refractivity contribution in [1.29, 1.82) is 0 Å². The Morgan fingerprint density at radius 3 is 2.59 bits per heavy atom. The summed E-state index contributed by atoms with van der Waals surface area (Å²) in [6.45, 7) is 2.11. The van der Waals surface area contributed by atoms with Crippen molar-refractivity contribution in [3.63, 3.8) is 0 Å². The van der Waals surface area contributed by atoms with Crippen molar-refractivity contribution in [3.8, 4) is 0 Å². The number of aryl methyl sites for hydroxylation is 1. The Hall–Kier alpha value is -1.67. The van der Waals surface area contributed by atoms with Crippen LogP contribution in [-0.2, 0) is 6.42 Å². The molecule has 0 spiro atoms. The molecule has 0 aliphatic heterocycles. The summed E-state index contributed by atoms with van der Waals surface area (Å²) in [5.74, 6) is 0. The summed E-state index contributed by atoms with van der Waals surface area (Å²) in [4.78, 5) is 0. The zero-order chi connectivity index (χ0) is 11.7. The first-order valence-corrected chi connectivity index (χ1v) is 6.49. The average Bonchev–Trinajstić information content (AvgIpc) is 2.76. The fraction of sp³-hybridized carbons (Fsp3) is 0.133. The molecule has 3 rings (SSSR count). The fourth-order valence-corrected chi connectivity index (χ4v) is 2.76. The van der Waals surface area contributed by atoms with Gasteiger partial charge in [-0.25, -0.2) is 0 Å². The van der Waals surface area contributed by atoms with E-state index in [0.717, 1.165) is 6.42 Å². The molecule has 0 saturated heterocycles. The second-order valence-corrected chi connectivity index (χ2v) is 5.09. The van der Waals surface area contributed by atoms with Crippen molar-refractivity contribution >= 4 is 21.6 Å². The topological polar surface area (TPSA) is 12.9 Å². The van der Waals surface area contributed by atoms with Gasteiger partial charge in [-0.1, -0.05) is 48.0 Å². The summed E-state index contributed by atoms with van der Waals surface area (Å²) in [7, 11) is 0. The van der Waals surface area contributed by atoms with Gasteiger partial charge in [0.15, 0.2) is 0 Å². The van der Waals surface area contributed by atoms with Gasteiger partial charge in [-0.2, -0.15) is 4.37 Å². The monoisotopic (exact) mass is 239 g/mol. The van der Waals surface area contributed by atoms with Gasteiger partial charge in [0.05, 0.1) is 10.4 Å². The molecule has 0 radical (unpaired) electrons. The number of rotatable bonds is 2. The van der Waals surface area contributed by atoms with E-state index >= 15 is 0 Å². The summed E-state index contributed by atoms with van der Waals surface area (Å²) in [5.41, 5.74) is 3.82. The van der Waals surface area contributed by atoms with E-state index in [9.17, 15) is 0 Å². The highest BCUT2D eigenvalue weighted by Gasteiger charge is 2.05. The number of aromatic nitrogens is 1. The van der Waals surface area contributed by atoms with Gasteiger partial charge >= 0.3 is 0 Å². The third kappa shape index (κ3) is 2.08. The van der Waals surface area contributed by atoms with Gasteiger partial charge in [0.1, 0.15) is 0 Å². The van der Waals surface area contributed by atoms with Crippen LogP contribution in [-0.4, -0.2) is 4.37 Å². The lowest BCUT2D eigenvalue weighted by Gasteiger charge is -2.00. The molecular formula is C15H13NS. The van der Waals surface area contributed by atoms with E-state index in [1.54, 1.807) is 11.5 Å². The predicted octanol–water partition coefficient (Wildman–Crippen LogP) is 4.20. The van der Waals surface area contributed by atoms with Gasteiger partial charge in [0.25, 0.3) is 0 Å². The molecule has 0 bridgehead atoms. The normalized spacial score (nSPS) is 10.9. The Morgan fingerprint density at radius 1 is 1.00 bits per heavy atom. The predicted molar refractivity (Wildman–Crippen MR) is 73.6 cm³/mol. The molecule has 1 nitrogen and oxygen atoms in total. The molecule has 0 aliphatic rings. The average molecular weight is 239 g/mol. The van der Waals surface area contributed by atoms with Crippen molar-refractivity contribution in [1.82, 2.24) is 4.37 Å². The Morgan fingerprint density at radius 2 is 1.76 bits per heavy atom. The van der Waals surface area contributed by atoms with Crippen LogP contribution in [0.1, 0.15) is 16.8 Å². The maximum atomic E-state index is 4.55. The first kappa shape index (κ1) is 10.5. The minimum Gasteiger partial charge on any atom is -0.196 e. The minimum atomic E-state index is 0.921. The molecule has 1 aromatic heterocycles. The van der Waals surface area contributed by atoms with E-state index in [1.807, 2.05) is 0 Å². The Balaban J connectivity index is 1.97. The molecule has 3 aromatic rings. The van der Waals surface area contributed by atoms with Crippen LogP contribution in [0, 0.1) is 6.92 Å². The number of hydrogen-bond acceptors (Lipinski definition) is 2. The molecule has 17 heavy (non-hydrogen) atoms. The Bertz CT molecular complexity index is 637. The first-order valence-electron chi connectivity index (χ1n) is 5.72. The maximum Gasteiger partial charge on any atom is 0.0664 e. The quantitative estimate of drug-likeness (QED) is 0.653. The van der Waals surface area contributed by atoms with Crippen molar-refractivity contribution in [2.45, 2.75) is 13.3 Å². The Labute approximate surface area is 105 Å². The van der Waals surface area contributed by atoms with Crippen LogP contribution in [0.5, 0.6) is 0 Å². The molecule has 2 aromatic carbocycles. The third-order valence-electron chi connectivity index (χ3n) is 2.94. The number of fused-ring (bicyclic) bond motifs is 1. The van der Waals surface area contributed by atoms with Gasteiger partial charge < -0.3 is 0 Å². The zero-order valence-corrected chi connectivity index (χ0v) is 10.5. The standard InChI is InChI=1S/C15H13NS/c1-11-6-8-12(9-7-11)10-14-13-4-2-3-5-15(13)17-16-14/h2-9H,10H2,1H3. The van der Waals surface area contributed by atoms with E-state index in [1.165, 1.54) is 26.9 Å².